The SMILES string of the molecule is CC(NC(=O)c1ccc2c(Oc3ccc(C(F)(F)F)cc3)cccc2c1)C1CN(CC(F)F)C1. The van der Waals surface area contributed by atoms with Crippen molar-refractivity contribution in [3.05, 3.63) is 71.8 Å². The Bertz CT molecular complexity index is 1160. The Morgan fingerprint density at radius 2 is 1.79 bits per heavy atom. The quantitative estimate of drug-likeness (QED) is 0.426. The number of fused-ring (bicyclic) bond motifs is 1. The van der Waals surface area contributed by atoms with Crippen molar-refractivity contribution in [2.75, 3.05) is 19.6 Å². The number of benzene rings is 3. The fourth-order valence-corrected chi connectivity index (χ4v) is 4.00. The number of carbonyl (C=O) groups excluding carboxylic acids is 1. The van der Waals surface area contributed by atoms with Crippen molar-refractivity contribution < 1.29 is 31.5 Å². The first-order valence-corrected chi connectivity index (χ1v) is 10.8. The van der Waals surface area contributed by atoms with Crippen molar-refractivity contribution in [2.45, 2.75) is 25.6 Å². The van der Waals surface area contributed by atoms with Gasteiger partial charge < -0.3 is 10.1 Å². The van der Waals surface area contributed by atoms with Crippen molar-refractivity contribution in [3.63, 3.8) is 0 Å². The van der Waals surface area contributed by atoms with Gasteiger partial charge in [-0.2, -0.15) is 13.2 Å². The number of alkyl halides is 5. The first-order valence-electron chi connectivity index (χ1n) is 10.8. The molecule has 1 atom stereocenters. The maximum atomic E-state index is 12.8. The number of hydrogen-bond donors (Lipinski definition) is 1. The van der Waals surface area contributed by atoms with Crippen molar-refractivity contribution in [3.8, 4) is 11.5 Å². The highest BCUT2D eigenvalue weighted by atomic mass is 19.4. The zero-order valence-electron chi connectivity index (χ0n) is 18.3. The molecule has 4 rings (SSSR count). The normalized spacial score (nSPS) is 15.9. The summed E-state index contributed by atoms with van der Waals surface area (Å²) < 4.78 is 69.0. The second-order valence-electron chi connectivity index (χ2n) is 8.45. The molecule has 0 radical (unpaired) electrons. The fraction of sp³-hybridized carbons (Fsp3) is 0.320. The van der Waals surface area contributed by atoms with Crippen LogP contribution in [0.4, 0.5) is 22.0 Å². The lowest BCUT2D eigenvalue weighted by molar-refractivity contribution is -0.137. The molecule has 4 nitrogen and oxygen atoms in total. The van der Waals surface area contributed by atoms with Gasteiger partial charge in [0.1, 0.15) is 11.5 Å². The summed E-state index contributed by atoms with van der Waals surface area (Å²) in [7, 11) is 0. The summed E-state index contributed by atoms with van der Waals surface area (Å²) in [5.41, 5.74) is -0.318. The van der Waals surface area contributed by atoms with E-state index in [0.29, 0.717) is 29.8 Å². The van der Waals surface area contributed by atoms with Crippen molar-refractivity contribution in [1.82, 2.24) is 10.2 Å². The molecule has 1 heterocycles. The number of nitrogens with one attached hydrogen (secondary N) is 1. The molecule has 1 fully saturated rings. The lowest BCUT2D eigenvalue weighted by Gasteiger charge is -2.42. The van der Waals surface area contributed by atoms with Crippen molar-refractivity contribution in [1.29, 1.82) is 0 Å². The van der Waals surface area contributed by atoms with Gasteiger partial charge in [-0.3, -0.25) is 9.69 Å². The maximum absolute atomic E-state index is 12.8. The highest BCUT2D eigenvalue weighted by molar-refractivity contribution is 6.00. The Hall–Kier alpha value is -3.20. The van der Waals surface area contributed by atoms with Gasteiger partial charge in [-0.05, 0) is 60.8 Å². The minimum absolute atomic E-state index is 0.117. The number of carbonyl (C=O) groups is 1. The molecule has 3 aromatic carbocycles. The average molecular weight is 478 g/mol. The van der Waals surface area contributed by atoms with Crippen LogP contribution in [0, 0.1) is 5.92 Å². The molecule has 1 amide bonds. The number of halogens is 5. The Labute approximate surface area is 193 Å². The van der Waals surface area contributed by atoms with E-state index >= 15 is 0 Å². The van der Waals surface area contributed by atoms with Crippen LogP contribution in [0.25, 0.3) is 10.8 Å². The maximum Gasteiger partial charge on any atom is 0.416 e. The number of likely N-dealkylation sites (tertiary alicyclic amines) is 1. The van der Waals surface area contributed by atoms with Gasteiger partial charge in [0.25, 0.3) is 12.3 Å². The number of amides is 1. The monoisotopic (exact) mass is 478 g/mol. The Kier molecular flexibility index (Phi) is 6.74. The van der Waals surface area contributed by atoms with E-state index in [1.54, 1.807) is 35.2 Å². The lowest BCUT2D eigenvalue weighted by atomic mass is 9.92. The summed E-state index contributed by atoms with van der Waals surface area (Å²) in [5.74, 6) is 0.561. The van der Waals surface area contributed by atoms with E-state index in [9.17, 15) is 26.7 Å². The van der Waals surface area contributed by atoms with Crippen LogP contribution in [0.5, 0.6) is 11.5 Å². The van der Waals surface area contributed by atoms with Gasteiger partial charge in [0.15, 0.2) is 0 Å². The zero-order valence-corrected chi connectivity index (χ0v) is 18.3. The molecule has 1 saturated heterocycles. The largest absolute Gasteiger partial charge is 0.457 e. The highest BCUT2D eigenvalue weighted by Gasteiger charge is 2.33. The number of ether oxygens (including phenoxy) is 1. The molecule has 34 heavy (non-hydrogen) atoms. The minimum Gasteiger partial charge on any atom is -0.457 e. The molecule has 9 heteroatoms. The molecule has 0 saturated carbocycles. The van der Waals surface area contributed by atoms with Crippen LogP contribution in [0.2, 0.25) is 0 Å². The molecular formula is C25H23F5N2O2. The van der Waals surface area contributed by atoms with Gasteiger partial charge in [0.2, 0.25) is 0 Å². The van der Waals surface area contributed by atoms with Crippen molar-refractivity contribution in [2.24, 2.45) is 5.92 Å². The van der Waals surface area contributed by atoms with E-state index in [1.807, 2.05) is 13.0 Å². The molecule has 0 aromatic heterocycles. The standard InChI is InChI=1S/C25H23F5N2O2/c1-15(18-12-32(13-18)14-23(26)27)31-24(33)17-5-10-21-16(11-17)3-2-4-22(21)34-20-8-6-19(7-9-20)25(28,29)30/h2-11,15,18,23H,12-14H2,1H3,(H,31,33). The van der Waals surface area contributed by atoms with E-state index in [4.69, 9.17) is 4.74 Å². The van der Waals surface area contributed by atoms with Crippen LogP contribution >= 0.6 is 0 Å². The zero-order chi connectivity index (χ0) is 24.5. The topological polar surface area (TPSA) is 41.6 Å². The third-order valence-electron chi connectivity index (χ3n) is 5.96. The predicted molar refractivity (Wildman–Crippen MR) is 118 cm³/mol. The Morgan fingerprint density at radius 1 is 1.09 bits per heavy atom. The van der Waals surface area contributed by atoms with Gasteiger partial charge in [0.05, 0.1) is 12.1 Å². The second-order valence-corrected chi connectivity index (χ2v) is 8.45. The van der Waals surface area contributed by atoms with Crippen LogP contribution in [-0.4, -0.2) is 42.9 Å². The Morgan fingerprint density at radius 3 is 2.44 bits per heavy atom. The van der Waals surface area contributed by atoms with Crippen LogP contribution in [-0.2, 0) is 6.18 Å². The van der Waals surface area contributed by atoms with Crippen LogP contribution in [0.3, 0.4) is 0 Å². The van der Waals surface area contributed by atoms with E-state index < -0.39 is 18.2 Å². The molecule has 180 valence electrons. The van der Waals surface area contributed by atoms with Crippen LogP contribution in [0.15, 0.2) is 60.7 Å². The van der Waals surface area contributed by atoms with E-state index in [1.165, 1.54) is 12.1 Å². The van der Waals surface area contributed by atoms with Crippen molar-refractivity contribution >= 4 is 16.7 Å². The summed E-state index contributed by atoms with van der Waals surface area (Å²) >= 11 is 0. The summed E-state index contributed by atoms with van der Waals surface area (Å²) in [6.45, 7) is 2.65. The third kappa shape index (κ3) is 5.47. The van der Waals surface area contributed by atoms with Gasteiger partial charge in [-0.15, -0.1) is 0 Å². The molecule has 3 aromatic rings. The minimum atomic E-state index is -4.42. The average Bonchev–Trinajstić information content (AvgIpc) is 2.75. The van der Waals surface area contributed by atoms with Gasteiger partial charge in [0, 0.05) is 36.0 Å². The number of nitrogens with zero attached hydrogens (tertiary/aromatic N) is 1. The summed E-state index contributed by atoms with van der Waals surface area (Å²) in [5, 5.41) is 4.37. The molecule has 0 bridgehead atoms. The summed E-state index contributed by atoms with van der Waals surface area (Å²) in [6, 6.07) is 14.6. The molecule has 0 spiro atoms. The molecule has 1 aliphatic rings. The first-order chi connectivity index (χ1) is 16.1. The van der Waals surface area contributed by atoms with Crippen LogP contribution in [0.1, 0.15) is 22.8 Å². The Balaban J connectivity index is 1.43. The highest BCUT2D eigenvalue weighted by Crippen LogP contribution is 2.34. The molecule has 0 aliphatic carbocycles. The fourth-order valence-electron chi connectivity index (χ4n) is 4.00. The first kappa shape index (κ1) is 23.9. The smallest absolute Gasteiger partial charge is 0.416 e. The molecule has 1 aliphatic heterocycles. The molecular weight excluding hydrogens is 455 g/mol. The molecule has 1 N–H and O–H groups in total. The van der Waals surface area contributed by atoms with Gasteiger partial charge in [-0.25, -0.2) is 8.78 Å². The lowest BCUT2D eigenvalue weighted by Crippen LogP contribution is -2.56. The van der Waals surface area contributed by atoms with Crippen LogP contribution < -0.4 is 10.1 Å². The molecule has 1 unspecified atom stereocenters. The summed E-state index contributed by atoms with van der Waals surface area (Å²) in [4.78, 5) is 14.4. The third-order valence-corrected chi connectivity index (χ3v) is 5.96. The second kappa shape index (κ2) is 9.58. The number of rotatable bonds is 7. The van der Waals surface area contributed by atoms with E-state index in [-0.39, 0.29) is 30.2 Å². The van der Waals surface area contributed by atoms with E-state index in [2.05, 4.69) is 5.32 Å². The van der Waals surface area contributed by atoms with Gasteiger partial charge >= 0.3 is 6.18 Å². The van der Waals surface area contributed by atoms with E-state index in [0.717, 1.165) is 17.5 Å². The number of hydrogen-bond acceptors (Lipinski definition) is 3. The summed E-state index contributed by atoms with van der Waals surface area (Å²) in [6.07, 6.45) is -6.78. The van der Waals surface area contributed by atoms with Gasteiger partial charge in [-0.1, -0.05) is 12.1 Å². The predicted octanol–water partition coefficient (Wildman–Crippen LogP) is 5.97.